The van der Waals surface area contributed by atoms with Gasteiger partial charge in [-0.05, 0) is 0 Å². The number of aliphatic hydroxyl groups excluding tert-OH is 11. The Kier molecular flexibility index (Phi) is 12.1. The molecule has 0 aromatic rings. The molecule has 0 saturated carbocycles. The van der Waals surface area contributed by atoms with E-state index in [0.717, 1.165) is 6.92 Å². The van der Waals surface area contributed by atoms with E-state index in [9.17, 15) is 70.9 Å². The highest BCUT2D eigenvalue weighted by molar-refractivity contribution is 5.76. The van der Waals surface area contributed by atoms with Crippen molar-refractivity contribution in [3.8, 4) is 0 Å². The highest BCUT2D eigenvalue weighted by Gasteiger charge is 2.60. The second-order valence-electron chi connectivity index (χ2n) is 10.5. The van der Waals surface area contributed by atoms with Gasteiger partial charge in [-0.15, -0.1) is 0 Å². The number of ether oxygens (including phenoxy) is 5. The van der Waals surface area contributed by atoms with Crippen LogP contribution < -0.4 is 5.32 Å². The van der Waals surface area contributed by atoms with E-state index in [0.29, 0.717) is 0 Å². The van der Waals surface area contributed by atoms with E-state index in [2.05, 4.69) is 5.32 Å². The maximum atomic E-state index is 12.5. The van der Waals surface area contributed by atoms with Crippen molar-refractivity contribution in [1.29, 1.82) is 0 Å². The molecule has 3 aliphatic rings. The summed E-state index contributed by atoms with van der Waals surface area (Å²) in [5.74, 6) is -5.74. The van der Waals surface area contributed by atoms with Crippen LogP contribution in [0.15, 0.2) is 0 Å². The monoisotopic (exact) mass is 633 g/mol. The number of carboxylic acid groups (broad SMARTS) is 1. The van der Waals surface area contributed by atoms with Crippen LogP contribution in [0.5, 0.6) is 0 Å². The maximum Gasteiger partial charge on any atom is 0.364 e. The second kappa shape index (κ2) is 14.6. The van der Waals surface area contributed by atoms with Gasteiger partial charge in [-0.1, -0.05) is 0 Å². The number of carbonyl (C=O) groups is 2. The summed E-state index contributed by atoms with van der Waals surface area (Å²) >= 11 is 0. The van der Waals surface area contributed by atoms with Gasteiger partial charge in [0, 0.05) is 13.3 Å². The summed E-state index contributed by atoms with van der Waals surface area (Å²) in [7, 11) is 0. The number of aliphatic carboxylic acids is 1. The summed E-state index contributed by atoms with van der Waals surface area (Å²) in [5, 5.41) is 124. The summed E-state index contributed by atoms with van der Waals surface area (Å²) < 4.78 is 26.8. The van der Waals surface area contributed by atoms with Crippen molar-refractivity contribution in [3.63, 3.8) is 0 Å². The molecular formula is C23H39NO19. The zero-order valence-electron chi connectivity index (χ0n) is 22.7. The molecule has 0 aliphatic carbocycles. The lowest BCUT2D eigenvalue weighted by molar-refractivity contribution is -0.385. The molecule has 20 nitrogen and oxygen atoms in total. The molecule has 1 amide bonds. The van der Waals surface area contributed by atoms with Gasteiger partial charge in [0.15, 0.2) is 12.6 Å². The van der Waals surface area contributed by atoms with Crippen molar-refractivity contribution >= 4 is 11.9 Å². The van der Waals surface area contributed by atoms with Crippen LogP contribution >= 0.6 is 0 Å². The Morgan fingerprint density at radius 1 is 0.907 bits per heavy atom. The van der Waals surface area contributed by atoms with E-state index in [1.54, 1.807) is 0 Å². The predicted molar refractivity (Wildman–Crippen MR) is 130 cm³/mol. The highest BCUT2D eigenvalue weighted by atomic mass is 16.8. The average Bonchev–Trinajstić information content (AvgIpc) is 2.96. The van der Waals surface area contributed by atoms with Gasteiger partial charge in [0.05, 0.1) is 32.0 Å². The second-order valence-corrected chi connectivity index (χ2v) is 10.5. The van der Waals surface area contributed by atoms with E-state index >= 15 is 0 Å². The number of amides is 1. The molecule has 20 heteroatoms. The molecule has 0 aromatic carbocycles. The fraction of sp³-hybridized carbons (Fsp3) is 0.913. The van der Waals surface area contributed by atoms with E-state index in [4.69, 9.17) is 23.7 Å². The van der Waals surface area contributed by atoms with Gasteiger partial charge in [-0.3, -0.25) is 4.79 Å². The lowest BCUT2D eigenvalue weighted by Crippen LogP contribution is -2.70. The summed E-state index contributed by atoms with van der Waals surface area (Å²) in [6, 6.07) is -1.54. The van der Waals surface area contributed by atoms with Crippen LogP contribution in [0.4, 0.5) is 0 Å². The summed E-state index contributed by atoms with van der Waals surface area (Å²) in [4.78, 5) is 24.3. The molecule has 3 unspecified atom stereocenters. The molecule has 0 radical (unpaired) electrons. The SMILES string of the molecule is CC(=O)N[C@H]1[C@H]([C@H](O)[C@H](O)CO)OC(O[C@H]2[C@@H](O)[C@@H](CO)OC(O[C@H]3[C@H](O)[C@@H](O)C(O)O[C@@H]3CO)[C@@H]2O)(C(=O)O)C[C@@H]1O. The molecule has 3 aliphatic heterocycles. The fourth-order valence-electron chi connectivity index (χ4n) is 5.16. The Bertz CT molecular complexity index is 942. The van der Waals surface area contributed by atoms with Gasteiger partial charge in [0.1, 0.15) is 67.1 Å². The molecule has 3 saturated heterocycles. The van der Waals surface area contributed by atoms with Gasteiger partial charge in [0.25, 0.3) is 5.79 Å². The summed E-state index contributed by atoms with van der Waals surface area (Å²) in [5.41, 5.74) is 0. The van der Waals surface area contributed by atoms with Crippen molar-refractivity contribution in [2.24, 2.45) is 0 Å². The van der Waals surface area contributed by atoms with Crippen molar-refractivity contribution in [1.82, 2.24) is 5.32 Å². The molecule has 3 heterocycles. The number of rotatable bonds is 11. The largest absolute Gasteiger partial charge is 0.477 e. The number of nitrogens with one attached hydrogen (secondary N) is 1. The standard InChI is InChI=1S/C23H39NO19/c1-6(28)24-11-7(29)2-23(22(37)38,42-18(11)12(31)8(30)3-25)43-19-13(32)9(4-26)40-21(16(19)35)41-17-10(5-27)39-20(36)15(34)14(17)33/h7-21,25-27,29-36H,2-5H2,1H3,(H,24,28)(H,37,38)/t7-,8+,9+,10+,11+,12+,13-,14+,15+,16+,17+,18+,19-,20?,21?,23?/m0/s1. The van der Waals surface area contributed by atoms with Gasteiger partial charge < -0.3 is 90.3 Å². The summed E-state index contributed by atoms with van der Waals surface area (Å²) in [6.45, 7) is -1.85. The first-order valence-electron chi connectivity index (χ1n) is 13.2. The van der Waals surface area contributed by atoms with E-state index < -0.39 is 136 Å². The van der Waals surface area contributed by atoms with Crippen LogP contribution in [-0.4, -0.2) is 191 Å². The smallest absolute Gasteiger partial charge is 0.364 e. The number of hydrogen-bond acceptors (Lipinski definition) is 18. The lowest BCUT2D eigenvalue weighted by Gasteiger charge is -2.50. The molecule has 3 rings (SSSR count). The van der Waals surface area contributed by atoms with Gasteiger partial charge in [-0.2, -0.15) is 0 Å². The molecule has 0 aromatic heterocycles. The molecule has 0 bridgehead atoms. The Morgan fingerprint density at radius 2 is 1.53 bits per heavy atom. The number of carboxylic acids is 1. The number of hydrogen-bond donors (Lipinski definition) is 13. The number of carbonyl (C=O) groups excluding carboxylic acids is 1. The lowest BCUT2D eigenvalue weighted by atomic mass is 9.88. The zero-order chi connectivity index (χ0) is 32.4. The predicted octanol–water partition coefficient (Wildman–Crippen LogP) is -8.22. The third-order valence-electron chi connectivity index (χ3n) is 7.47. The van der Waals surface area contributed by atoms with Gasteiger partial charge >= 0.3 is 5.97 Å². The zero-order valence-corrected chi connectivity index (χ0v) is 22.7. The van der Waals surface area contributed by atoms with Crippen molar-refractivity contribution in [3.05, 3.63) is 0 Å². The molecule has 13 N–H and O–H groups in total. The van der Waals surface area contributed by atoms with Gasteiger partial charge in [0.2, 0.25) is 5.91 Å². The minimum atomic E-state index is -3.02. The van der Waals surface area contributed by atoms with Crippen LogP contribution in [0.25, 0.3) is 0 Å². The van der Waals surface area contributed by atoms with Gasteiger partial charge in [-0.25, -0.2) is 4.79 Å². The first-order valence-corrected chi connectivity index (χ1v) is 13.2. The minimum Gasteiger partial charge on any atom is -0.477 e. The first-order chi connectivity index (χ1) is 20.1. The van der Waals surface area contributed by atoms with Crippen molar-refractivity contribution in [2.45, 2.75) is 111 Å². The molecule has 16 atom stereocenters. The minimum absolute atomic E-state index is 0.749. The van der Waals surface area contributed by atoms with Crippen LogP contribution in [0, 0.1) is 0 Å². The van der Waals surface area contributed by atoms with E-state index in [-0.39, 0.29) is 0 Å². The topological polar surface area (TPSA) is 335 Å². The molecule has 43 heavy (non-hydrogen) atoms. The normalized spacial score (nSPS) is 45.3. The molecule has 0 spiro atoms. The average molecular weight is 634 g/mol. The van der Waals surface area contributed by atoms with Crippen molar-refractivity contribution in [2.75, 3.05) is 19.8 Å². The van der Waals surface area contributed by atoms with Crippen LogP contribution in [0.1, 0.15) is 13.3 Å². The van der Waals surface area contributed by atoms with Crippen LogP contribution in [0.3, 0.4) is 0 Å². The Labute approximate surface area is 243 Å². The van der Waals surface area contributed by atoms with E-state index in [1.165, 1.54) is 0 Å². The third-order valence-corrected chi connectivity index (χ3v) is 7.47. The summed E-state index contributed by atoms with van der Waals surface area (Å²) in [6.07, 6.45) is -27.8. The molecule has 3 fully saturated rings. The third kappa shape index (κ3) is 7.41. The van der Waals surface area contributed by atoms with E-state index in [1.807, 2.05) is 0 Å². The number of aliphatic hydroxyl groups is 11. The molecule has 250 valence electrons. The fourth-order valence-corrected chi connectivity index (χ4v) is 5.16. The Hall–Kier alpha value is -1.70. The Balaban J connectivity index is 1.94. The van der Waals surface area contributed by atoms with Crippen LogP contribution in [-0.2, 0) is 33.3 Å². The highest BCUT2D eigenvalue weighted by Crippen LogP contribution is 2.38. The van der Waals surface area contributed by atoms with Crippen LogP contribution in [0.2, 0.25) is 0 Å². The maximum absolute atomic E-state index is 12.5. The first kappa shape index (κ1) is 35.8. The Morgan fingerprint density at radius 3 is 2.07 bits per heavy atom. The quantitative estimate of drug-likeness (QED) is 0.100. The molecular weight excluding hydrogens is 594 g/mol. The van der Waals surface area contributed by atoms with Crippen molar-refractivity contribution < 1.29 is 94.6 Å².